The van der Waals surface area contributed by atoms with Gasteiger partial charge in [-0.3, -0.25) is 0 Å². The van der Waals surface area contributed by atoms with Gasteiger partial charge in [0.2, 0.25) is 0 Å². The third-order valence-electron chi connectivity index (χ3n) is 12.0. The molecule has 4 nitrogen and oxygen atoms in total. The van der Waals surface area contributed by atoms with Crippen molar-refractivity contribution < 1.29 is 0 Å². The number of aromatic nitrogens is 4. The minimum atomic E-state index is 0.612. The van der Waals surface area contributed by atoms with Crippen LogP contribution < -0.4 is 0 Å². The minimum absolute atomic E-state index is 0.612. The molecule has 0 bridgehead atoms. The van der Waals surface area contributed by atoms with Gasteiger partial charge in [-0.1, -0.05) is 188 Å². The molecular formula is C57H36N4. The summed E-state index contributed by atoms with van der Waals surface area (Å²) in [4.78, 5) is 15.8. The van der Waals surface area contributed by atoms with Gasteiger partial charge in [0.15, 0.2) is 17.5 Å². The number of fused-ring (bicyclic) bond motifs is 7. The fraction of sp³-hybridized carbons (Fsp3) is 0. The molecule has 0 N–H and O–H groups in total. The molecule has 0 saturated heterocycles. The molecule has 12 aromatic rings. The summed E-state index contributed by atoms with van der Waals surface area (Å²) in [5.74, 6) is 1.85. The van der Waals surface area contributed by atoms with Crippen LogP contribution in [0.1, 0.15) is 0 Å². The molecule has 61 heavy (non-hydrogen) atoms. The highest BCUT2D eigenvalue weighted by molar-refractivity contribution is 6.20. The van der Waals surface area contributed by atoms with Crippen LogP contribution >= 0.6 is 0 Å². The lowest BCUT2D eigenvalue weighted by molar-refractivity contribution is 1.07. The Kier molecular flexibility index (Phi) is 8.13. The third-order valence-corrected chi connectivity index (χ3v) is 12.0. The second-order valence-corrected chi connectivity index (χ2v) is 15.6. The molecule has 12 rings (SSSR count). The van der Waals surface area contributed by atoms with Crippen LogP contribution in [0.5, 0.6) is 0 Å². The van der Waals surface area contributed by atoms with Crippen molar-refractivity contribution in [3.63, 3.8) is 0 Å². The van der Waals surface area contributed by atoms with Gasteiger partial charge in [0, 0.05) is 33.2 Å². The lowest BCUT2D eigenvalue weighted by Gasteiger charge is -2.15. The molecule has 10 aromatic carbocycles. The van der Waals surface area contributed by atoms with E-state index in [1.165, 1.54) is 48.7 Å². The van der Waals surface area contributed by atoms with Crippen LogP contribution in [0.25, 0.3) is 116 Å². The second kappa shape index (κ2) is 14.3. The molecular weight excluding hydrogens is 741 g/mol. The molecule has 284 valence electrons. The Labute approximate surface area is 352 Å². The van der Waals surface area contributed by atoms with Crippen molar-refractivity contribution in [3.05, 3.63) is 218 Å². The van der Waals surface area contributed by atoms with Crippen LogP contribution in [0.2, 0.25) is 0 Å². The van der Waals surface area contributed by atoms with E-state index < -0.39 is 0 Å². The van der Waals surface area contributed by atoms with E-state index >= 15 is 0 Å². The zero-order valence-corrected chi connectivity index (χ0v) is 33.1. The van der Waals surface area contributed by atoms with E-state index in [1.807, 2.05) is 6.07 Å². The molecule has 0 spiro atoms. The van der Waals surface area contributed by atoms with Crippen LogP contribution in [0.4, 0.5) is 0 Å². The van der Waals surface area contributed by atoms with E-state index in [1.54, 1.807) is 0 Å². The Balaban J connectivity index is 1.04. The summed E-state index contributed by atoms with van der Waals surface area (Å²) in [6, 6.07) is 77.5. The van der Waals surface area contributed by atoms with Gasteiger partial charge < -0.3 is 4.57 Å². The van der Waals surface area contributed by atoms with E-state index in [4.69, 9.17) is 15.0 Å². The molecule has 4 heteroatoms. The van der Waals surface area contributed by atoms with Gasteiger partial charge in [-0.05, 0) is 84.9 Å². The Hall–Kier alpha value is -8.21. The van der Waals surface area contributed by atoms with Gasteiger partial charge in [-0.15, -0.1) is 0 Å². The van der Waals surface area contributed by atoms with Gasteiger partial charge in [0.1, 0.15) is 0 Å². The van der Waals surface area contributed by atoms with E-state index in [9.17, 15) is 0 Å². The summed E-state index contributed by atoms with van der Waals surface area (Å²) in [5.41, 5.74) is 10.7. The first-order chi connectivity index (χ1) is 30.2. The zero-order valence-electron chi connectivity index (χ0n) is 33.1. The first-order valence-electron chi connectivity index (χ1n) is 20.7. The van der Waals surface area contributed by atoms with Crippen LogP contribution in [-0.4, -0.2) is 19.5 Å². The number of rotatable bonds is 6. The smallest absolute Gasteiger partial charge is 0.164 e. The lowest BCUT2D eigenvalue weighted by atomic mass is 9.89. The van der Waals surface area contributed by atoms with E-state index in [-0.39, 0.29) is 0 Å². The number of hydrogen-bond acceptors (Lipinski definition) is 3. The first-order valence-corrected chi connectivity index (χ1v) is 20.7. The van der Waals surface area contributed by atoms with Crippen molar-refractivity contribution >= 4 is 54.1 Å². The number of para-hydroxylation sites is 2. The molecule has 0 fully saturated rings. The Morgan fingerprint density at radius 1 is 0.279 bits per heavy atom. The molecule has 0 aliphatic heterocycles. The second-order valence-electron chi connectivity index (χ2n) is 15.6. The summed E-state index contributed by atoms with van der Waals surface area (Å²) < 4.78 is 2.33. The Morgan fingerprint density at radius 2 is 0.836 bits per heavy atom. The summed E-state index contributed by atoms with van der Waals surface area (Å²) in [6.07, 6.45) is 0. The number of nitrogens with zero attached hydrogens (tertiary/aromatic N) is 4. The fourth-order valence-corrected chi connectivity index (χ4v) is 9.20. The Morgan fingerprint density at radius 3 is 1.59 bits per heavy atom. The highest BCUT2D eigenvalue weighted by Crippen LogP contribution is 2.41. The number of benzene rings is 10. The average molecular weight is 777 g/mol. The van der Waals surface area contributed by atoms with Crippen LogP contribution in [0.3, 0.4) is 0 Å². The summed E-state index contributed by atoms with van der Waals surface area (Å²) in [6.45, 7) is 0. The molecule has 0 unspecified atom stereocenters. The van der Waals surface area contributed by atoms with Crippen molar-refractivity contribution in [2.45, 2.75) is 0 Å². The predicted molar refractivity (Wildman–Crippen MR) is 254 cm³/mol. The number of hydrogen-bond donors (Lipinski definition) is 0. The van der Waals surface area contributed by atoms with Gasteiger partial charge >= 0.3 is 0 Å². The van der Waals surface area contributed by atoms with Crippen LogP contribution in [-0.2, 0) is 0 Å². The zero-order chi connectivity index (χ0) is 40.3. The molecule has 0 aliphatic rings. The Bertz CT molecular complexity index is 3590. The van der Waals surface area contributed by atoms with Crippen molar-refractivity contribution in [3.8, 4) is 62.1 Å². The monoisotopic (exact) mass is 776 g/mol. The summed E-state index contributed by atoms with van der Waals surface area (Å²) in [5, 5.41) is 9.87. The highest BCUT2D eigenvalue weighted by atomic mass is 15.0. The molecule has 0 amide bonds. The van der Waals surface area contributed by atoms with Gasteiger partial charge in [-0.2, -0.15) is 0 Å². The SMILES string of the molecule is c1ccc(-c2ccccc2-c2nc(-c3ccc(-c4c5ccccc5cc5c4ccc4ccccc45)cc3)nc(-c3cccc(-n4c5ccccc5c5ccccc54)c3)n2)cc1. The first kappa shape index (κ1) is 34.8. The highest BCUT2D eigenvalue weighted by Gasteiger charge is 2.19. The maximum atomic E-state index is 5.26. The predicted octanol–water partition coefficient (Wildman–Crippen LogP) is 14.8. The lowest BCUT2D eigenvalue weighted by Crippen LogP contribution is -2.02. The third kappa shape index (κ3) is 5.88. The van der Waals surface area contributed by atoms with Crippen molar-refractivity contribution in [1.29, 1.82) is 0 Å². The molecule has 0 saturated carbocycles. The fourth-order valence-electron chi connectivity index (χ4n) is 9.20. The van der Waals surface area contributed by atoms with Crippen molar-refractivity contribution in [1.82, 2.24) is 19.5 Å². The molecule has 2 aromatic heterocycles. The molecule has 2 heterocycles. The van der Waals surface area contributed by atoms with Crippen molar-refractivity contribution in [2.75, 3.05) is 0 Å². The maximum absolute atomic E-state index is 5.26. The van der Waals surface area contributed by atoms with Gasteiger partial charge in [0.05, 0.1) is 11.0 Å². The van der Waals surface area contributed by atoms with Gasteiger partial charge in [-0.25, -0.2) is 15.0 Å². The standard InChI is InChI=1S/C57H36N4/c1-2-15-37(16-3-1)44-21-8-9-26-50(44)57-59-55(58-56(60-57)42-19-14-20-43(35-42)61-52-27-12-10-24-47(52)48-25-11-13-28-53(48)61)40-31-29-39(30-32-40)54-46-23-7-5-18-41(46)36-51-45-22-6-4-17-38(45)33-34-49(51)54/h1-36H. The molecule has 0 aliphatic carbocycles. The van der Waals surface area contributed by atoms with Crippen LogP contribution in [0.15, 0.2) is 218 Å². The largest absolute Gasteiger partial charge is 0.309 e. The minimum Gasteiger partial charge on any atom is -0.309 e. The molecule has 0 radical (unpaired) electrons. The van der Waals surface area contributed by atoms with E-state index in [0.29, 0.717) is 17.5 Å². The quantitative estimate of drug-likeness (QED) is 0.125. The van der Waals surface area contributed by atoms with Crippen molar-refractivity contribution in [2.24, 2.45) is 0 Å². The summed E-state index contributed by atoms with van der Waals surface area (Å²) >= 11 is 0. The van der Waals surface area contributed by atoms with Crippen LogP contribution in [0, 0.1) is 0 Å². The van der Waals surface area contributed by atoms with E-state index in [2.05, 4.69) is 217 Å². The molecule has 0 atom stereocenters. The van der Waals surface area contributed by atoms with E-state index in [0.717, 1.165) is 50.1 Å². The topological polar surface area (TPSA) is 43.6 Å². The van der Waals surface area contributed by atoms with Gasteiger partial charge in [0.25, 0.3) is 0 Å². The summed E-state index contributed by atoms with van der Waals surface area (Å²) in [7, 11) is 0. The maximum Gasteiger partial charge on any atom is 0.164 e. The average Bonchev–Trinajstić information content (AvgIpc) is 3.68. The normalized spacial score (nSPS) is 11.6.